The van der Waals surface area contributed by atoms with Gasteiger partial charge in [-0.15, -0.1) is 0 Å². The van der Waals surface area contributed by atoms with Crippen molar-refractivity contribution in [2.24, 2.45) is 11.3 Å². The van der Waals surface area contributed by atoms with E-state index in [1.165, 1.54) is 11.9 Å². The summed E-state index contributed by atoms with van der Waals surface area (Å²) in [6.07, 6.45) is 2.27. The number of pyridine rings is 1. The van der Waals surface area contributed by atoms with E-state index in [1.54, 1.807) is 33.8 Å². The molecule has 11 heteroatoms. The number of hydrogen-bond donors (Lipinski definition) is 4. The Kier molecular flexibility index (Phi) is 10.4. The van der Waals surface area contributed by atoms with Crippen LogP contribution in [0.1, 0.15) is 72.1 Å². The number of benzene rings is 1. The van der Waals surface area contributed by atoms with Crippen molar-refractivity contribution in [3.63, 3.8) is 0 Å². The molecule has 41 heavy (non-hydrogen) atoms. The van der Waals surface area contributed by atoms with Crippen LogP contribution in [0.5, 0.6) is 0 Å². The van der Waals surface area contributed by atoms with Gasteiger partial charge >= 0.3 is 5.97 Å². The van der Waals surface area contributed by atoms with E-state index in [2.05, 4.69) is 21.0 Å². The zero-order chi connectivity index (χ0) is 30.5. The molecule has 10 nitrogen and oxygen atoms in total. The summed E-state index contributed by atoms with van der Waals surface area (Å²) in [6.45, 7) is 10.9. The first-order valence-corrected chi connectivity index (χ1v) is 14.2. The third kappa shape index (κ3) is 7.78. The van der Waals surface area contributed by atoms with Gasteiger partial charge in [-0.25, -0.2) is 14.8 Å². The Morgan fingerprint density at radius 1 is 1.15 bits per heavy atom. The second-order valence-electron chi connectivity index (χ2n) is 11.7. The van der Waals surface area contributed by atoms with Crippen molar-refractivity contribution in [2.45, 2.75) is 91.8 Å². The maximum absolute atomic E-state index is 15.3. The number of fused-ring (bicyclic) bond motifs is 1. The Morgan fingerprint density at radius 3 is 2.46 bits per heavy atom. The molecule has 224 valence electrons. The summed E-state index contributed by atoms with van der Waals surface area (Å²) in [6, 6.07) is 4.57. The van der Waals surface area contributed by atoms with Gasteiger partial charge in [0.25, 0.3) is 5.91 Å². The lowest BCUT2D eigenvalue weighted by atomic mass is 9.84. The molecular weight excluding hydrogens is 529 g/mol. The van der Waals surface area contributed by atoms with Crippen molar-refractivity contribution < 1.29 is 28.7 Å². The minimum Gasteiger partial charge on any atom is -0.480 e. The van der Waals surface area contributed by atoms with Crippen LogP contribution in [0.2, 0.25) is 0 Å². The first kappa shape index (κ1) is 31.9. The molecule has 1 aromatic carbocycles. The molecule has 2 aromatic rings. The second kappa shape index (κ2) is 13.4. The molecule has 4 N–H and O–H groups in total. The number of nitrogens with zero attached hydrogens (tertiary/aromatic N) is 2. The van der Waals surface area contributed by atoms with Gasteiger partial charge < -0.3 is 15.7 Å². The first-order valence-electron chi connectivity index (χ1n) is 14.2. The molecule has 0 aliphatic carbocycles. The fraction of sp³-hybridized carbons (Fsp3) is 0.567. The van der Waals surface area contributed by atoms with Gasteiger partial charge in [0.05, 0.1) is 0 Å². The normalized spacial score (nSPS) is 17.3. The van der Waals surface area contributed by atoms with E-state index in [0.717, 1.165) is 11.1 Å². The van der Waals surface area contributed by atoms with E-state index in [1.807, 2.05) is 25.1 Å². The zero-order valence-corrected chi connectivity index (χ0v) is 24.7. The van der Waals surface area contributed by atoms with Gasteiger partial charge in [-0.05, 0) is 56.6 Å². The fourth-order valence-corrected chi connectivity index (χ4v) is 4.78. The number of carbonyl (C=O) groups is 4. The molecule has 0 radical (unpaired) electrons. The molecule has 0 unspecified atom stereocenters. The minimum absolute atomic E-state index is 0.279. The molecule has 1 fully saturated rings. The number of carbonyl (C=O) groups excluding carboxylic acids is 3. The van der Waals surface area contributed by atoms with Gasteiger partial charge in [0, 0.05) is 23.0 Å². The van der Waals surface area contributed by atoms with Gasteiger partial charge in [-0.1, -0.05) is 52.8 Å². The van der Waals surface area contributed by atoms with Crippen molar-refractivity contribution >= 4 is 34.6 Å². The number of halogens is 1. The SMILES string of the molecule is CCc1ccc2ccc(CCC(C)(C)C(=O)N[C@H](C(=O)N[C@@H](C)C(=O)N3CCC[C@@H](C(=O)O)N3)C(C)C)c(F)c2n1. The molecule has 0 saturated carbocycles. The van der Waals surface area contributed by atoms with Gasteiger partial charge in [-0.2, -0.15) is 0 Å². The molecule has 1 saturated heterocycles. The third-order valence-corrected chi connectivity index (χ3v) is 7.65. The van der Waals surface area contributed by atoms with E-state index >= 15 is 4.39 Å². The molecule has 0 spiro atoms. The number of nitrogens with one attached hydrogen (secondary N) is 3. The number of aryl methyl sites for hydroxylation is 2. The van der Waals surface area contributed by atoms with Gasteiger partial charge in [0.15, 0.2) is 5.82 Å². The monoisotopic (exact) mass is 571 g/mol. The number of aromatic nitrogens is 1. The Hall–Kier alpha value is -3.60. The number of amides is 3. The van der Waals surface area contributed by atoms with E-state index in [9.17, 15) is 24.3 Å². The Balaban J connectivity index is 1.63. The van der Waals surface area contributed by atoms with Crippen LogP contribution in [0.3, 0.4) is 0 Å². The van der Waals surface area contributed by atoms with Crippen LogP contribution in [-0.2, 0) is 32.0 Å². The lowest BCUT2D eigenvalue weighted by Gasteiger charge is -2.34. The number of carboxylic acids is 1. The van der Waals surface area contributed by atoms with Crippen molar-refractivity contribution in [3.05, 3.63) is 41.3 Å². The fourth-order valence-electron chi connectivity index (χ4n) is 4.78. The summed E-state index contributed by atoms with van der Waals surface area (Å²) in [5, 5.41) is 16.7. The highest BCUT2D eigenvalue weighted by molar-refractivity contribution is 5.93. The lowest BCUT2D eigenvalue weighted by Crippen LogP contribution is -2.61. The molecule has 3 rings (SSSR count). The summed E-state index contributed by atoms with van der Waals surface area (Å²) in [7, 11) is 0. The molecule has 1 aliphatic rings. The van der Waals surface area contributed by atoms with E-state index in [0.29, 0.717) is 49.7 Å². The predicted molar refractivity (Wildman–Crippen MR) is 153 cm³/mol. The molecule has 1 aliphatic heterocycles. The van der Waals surface area contributed by atoms with Gasteiger partial charge in [0.2, 0.25) is 11.8 Å². The highest BCUT2D eigenvalue weighted by Crippen LogP contribution is 2.27. The first-order chi connectivity index (χ1) is 19.2. The van der Waals surface area contributed by atoms with E-state index in [4.69, 9.17) is 0 Å². The molecule has 2 heterocycles. The van der Waals surface area contributed by atoms with Crippen molar-refractivity contribution in [1.82, 2.24) is 26.1 Å². The average molecular weight is 572 g/mol. The average Bonchev–Trinajstić information content (AvgIpc) is 2.94. The van der Waals surface area contributed by atoms with Crippen molar-refractivity contribution in [2.75, 3.05) is 6.54 Å². The largest absolute Gasteiger partial charge is 0.480 e. The maximum Gasteiger partial charge on any atom is 0.322 e. The summed E-state index contributed by atoms with van der Waals surface area (Å²) in [5.74, 6) is -3.05. The third-order valence-electron chi connectivity index (χ3n) is 7.65. The Labute approximate surface area is 240 Å². The Morgan fingerprint density at radius 2 is 1.83 bits per heavy atom. The van der Waals surface area contributed by atoms with Gasteiger partial charge in [0.1, 0.15) is 23.6 Å². The predicted octanol–water partition coefficient (Wildman–Crippen LogP) is 3.12. The zero-order valence-electron chi connectivity index (χ0n) is 24.7. The quantitative estimate of drug-likeness (QED) is 0.325. The maximum atomic E-state index is 15.3. The number of carboxylic acid groups (broad SMARTS) is 1. The standard InChI is InChI=1S/C30H42FN5O5/c1-7-21-13-12-20-11-10-19(23(31)25(20)33-21)14-15-30(5,6)29(41)34-24(17(2)3)26(37)32-18(4)27(38)36-16-8-9-22(35-36)28(39)40/h10-13,17-18,22,24,35H,7-9,14-16H2,1-6H3,(H,32,37)(H,34,41)(H,39,40)/t18-,22-,24-/m0/s1. The number of hydrogen-bond acceptors (Lipinski definition) is 6. The van der Waals surface area contributed by atoms with E-state index < -0.39 is 41.3 Å². The minimum atomic E-state index is -1.05. The highest BCUT2D eigenvalue weighted by Gasteiger charge is 2.35. The van der Waals surface area contributed by atoms with Crippen LogP contribution < -0.4 is 16.1 Å². The van der Waals surface area contributed by atoms with Crippen LogP contribution >= 0.6 is 0 Å². The van der Waals surface area contributed by atoms with Crippen LogP contribution in [-0.4, -0.2) is 63.5 Å². The van der Waals surface area contributed by atoms with Crippen LogP contribution in [0, 0.1) is 17.2 Å². The summed E-state index contributed by atoms with van der Waals surface area (Å²) >= 11 is 0. The highest BCUT2D eigenvalue weighted by atomic mass is 19.1. The van der Waals surface area contributed by atoms with E-state index in [-0.39, 0.29) is 17.6 Å². The van der Waals surface area contributed by atoms with Crippen LogP contribution in [0.15, 0.2) is 24.3 Å². The lowest BCUT2D eigenvalue weighted by molar-refractivity contribution is -0.148. The number of aliphatic carboxylic acids is 1. The topological polar surface area (TPSA) is 141 Å². The summed E-state index contributed by atoms with van der Waals surface area (Å²) in [5.41, 5.74) is 3.37. The molecule has 3 amide bonds. The second-order valence-corrected chi connectivity index (χ2v) is 11.7. The molecular formula is C30H42FN5O5. The summed E-state index contributed by atoms with van der Waals surface area (Å²) < 4.78 is 15.3. The van der Waals surface area contributed by atoms with Crippen molar-refractivity contribution in [1.29, 1.82) is 0 Å². The molecule has 3 atom stereocenters. The van der Waals surface area contributed by atoms with Crippen molar-refractivity contribution in [3.8, 4) is 0 Å². The molecule has 1 aromatic heterocycles. The van der Waals surface area contributed by atoms with Crippen LogP contribution in [0.25, 0.3) is 10.9 Å². The smallest absolute Gasteiger partial charge is 0.322 e. The molecule has 0 bridgehead atoms. The number of hydrazine groups is 1. The summed E-state index contributed by atoms with van der Waals surface area (Å²) in [4.78, 5) is 55.1. The number of rotatable bonds is 11. The Bertz CT molecular complexity index is 1300. The van der Waals surface area contributed by atoms with Crippen LogP contribution in [0.4, 0.5) is 4.39 Å². The van der Waals surface area contributed by atoms with Gasteiger partial charge in [-0.3, -0.25) is 24.2 Å².